The summed E-state index contributed by atoms with van der Waals surface area (Å²) in [6.07, 6.45) is 3.17. The molecule has 0 amide bonds. The zero-order valence-corrected chi connectivity index (χ0v) is 16.9. The molecule has 0 radical (unpaired) electrons. The molecule has 9 heteroatoms. The van der Waals surface area contributed by atoms with Crippen molar-refractivity contribution in [2.45, 2.75) is 19.9 Å². The van der Waals surface area contributed by atoms with Crippen molar-refractivity contribution in [1.82, 2.24) is 24.1 Å². The summed E-state index contributed by atoms with van der Waals surface area (Å²) in [4.78, 5) is 21.5. The van der Waals surface area contributed by atoms with Gasteiger partial charge in [-0.1, -0.05) is 18.2 Å². The molecule has 0 aliphatic heterocycles. The van der Waals surface area contributed by atoms with Crippen LogP contribution in [0.3, 0.4) is 0 Å². The van der Waals surface area contributed by atoms with Crippen molar-refractivity contribution in [2.24, 2.45) is 0 Å². The van der Waals surface area contributed by atoms with E-state index in [1.807, 2.05) is 50.2 Å². The summed E-state index contributed by atoms with van der Waals surface area (Å²) in [6, 6.07) is 11.0. The molecule has 3 N–H and O–H groups in total. The van der Waals surface area contributed by atoms with Crippen LogP contribution in [0.2, 0.25) is 0 Å². The molecule has 1 aromatic carbocycles. The monoisotopic (exact) mass is 439 g/mol. The van der Waals surface area contributed by atoms with E-state index < -0.39 is 0 Å². The van der Waals surface area contributed by atoms with Gasteiger partial charge in [0.25, 0.3) is 5.56 Å². The molecule has 1 atom stereocenters. The lowest BCUT2D eigenvalue weighted by molar-refractivity contribution is 0.672. The molecule has 0 saturated heterocycles. The van der Waals surface area contributed by atoms with E-state index in [-0.39, 0.29) is 11.6 Å². The van der Waals surface area contributed by atoms with Gasteiger partial charge in [-0.05, 0) is 53.5 Å². The van der Waals surface area contributed by atoms with Crippen LogP contribution >= 0.6 is 15.9 Å². The summed E-state index contributed by atoms with van der Waals surface area (Å²) in [7, 11) is 0. The fraction of sp³-hybridized carbons (Fsp3) is 0.158. The zero-order valence-electron chi connectivity index (χ0n) is 15.3. The van der Waals surface area contributed by atoms with Gasteiger partial charge in [0, 0.05) is 6.20 Å². The number of fused-ring (bicyclic) bond motifs is 1. The number of benzene rings is 1. The number of nitrogens with two attached hydrogens (primary N) is 1. The molecule has 4 rings (SSSR count). The Bertz CT molecular complexity index is 1220. The Balaban J connectivity index is 1.90. The van der Waals surface area contributed by atoms with Crippen molar-refractivity contribution in [3.63, 3.8) is 0 Å². The van der Waals surface area contributed by atoms with Gasteiger partial charge in [-0.25, -0.2) is 14.5 Å². The highest BCUT2D eigenvalue weighted by Gasteiger charge is 2.20. The summed E-state index contributed by atoms with van der Waals surface area (Å²) in [5.74, 6) is 1.40. The van der Waals surface area contributed by atoms with Crippen LogP contribution in [0.1, 0.15) is 24.4 Å². The third-order valence-electron chi connectivity index (χ3n) is 4.48. The maximum absolute atomic E-state index is 13.3. The predicted octanol–water partition coefficient (Wildman–Crippen LogP) is 3.10. The van der Waals surface area contributed by atoms with E-state index in [1.54, 1.807) is 15.3 Å². The number of nitrogens with zero attached hydrogens (tertiary/aromatic N) is 5. The normalized spacial score (nSPS) is 12.2. The SMILES string of the molecule is Cc1ccn2nc(C(C)Nc3ncnc(N)c3Br)n(-c3ccccc3)c(=O)c12. The summed E-state index contributed by atoms with van der Waals surface area (Å²) >= 11 is 3.40. The Morgan fingerprint density at radius 1 is 1.18 bits per heavy atom. The molecule has 0 aliphatic carbocycles. The number of nitrogens with one attached hydrogen (secondary N) is 1. The van der Waals surface area contributed by atoms with Crippen molar-refractivity contribution in [2.75, 3.05) is 11.1 Å². The van der Waals surface area contributed by atoms with Crippen LogP contribution in [0.4, 0.5) is 11.6 Å². The minimum atomic E-state index is -0.342. The van der Waals surface area contributed by atoms with E-state index >= 15 is 0 Å². The second kappa shape index (κ2) is 7.08. The van der Waals surface area contributed by atoms with Crippen molar-refractivity contribution in [1.29, 1.82) is 0 Å². The molecular formula is C19H18BrN7O. The van der Waals surface area contributed by atoms with E-state index in [1.165, 1.54) is 6.33 Å². The number of nitrogen functional groups attached to an aromatic ring is 1. The molecule has 1 unspecified atom stereocenters. The summed E-state index contributed by atoms with van der Waals surface area (Å²) in [6.45, 7) is 3.81. The molecule has 0 spiro atoms. The van der Waals surface area contributed by atoms with Crippen LogP contribution in [-0.4, -0.2) is 24.1 Å². The summed E-state index contributed by atoms with van der Waals surface area (Å²) in [5, 5.41) is 7.97. The van der Waals surface area contributed by atoms with Gasteiger partial charge >= 0.3 is 0 Å². The van der Waals surface area contributed by atoms with Gasteiger partial charge in [-0.3, -0.25) is 9.36 Å². The van der Waals surface area contributed by atoms with Gasteiger partial charge < -0.3 is 11.1 Å². The molecular weight excluding hydrogens is 422 g/mol. The summed E-state index contributed by atoms with van der Waals surface area (Å²) < 4.78 is 3.81. The molecule has 0 saturated carbocycles. The second-order valence-electron chi connectivity index (χ2n) is 6.41. The van der Waals surface area contributed by atoms with Crippen LogP contribution in [0, 0.1) is 6.92 Å². The highest BCUT2D eigenvalue weighted by Crippen LogP contribution is 2.27. The molecule has 0 bridgehead atoms. The highest BCUT2D eigenvalue weighted by atomic mass is 79.9. The Kier molecular flexibility index (Phi) is 4.60. The average molecular weight is 440 g/mol. The van der Waals surface area contributed by atoms with Crippen LogP contribution < -0.4 is 16.6 Å². The van der Waals surface area contributed by atoms with Gasteiger partial charge in [0.2, 0.25) is 0 Å². The third-order valence-corrected chi connectivity index (χ3v) is 5.27. The molecule has 0 aliphatic rings. The smallest absolute Gasteiger partial charge is 0.282 e. The molecule has 8 nitrogen and oxygen atoms in total. The van der Waals surface area contributed by atoms with Crippen LogP contribution in [0.5, 0.6) is 0 Å². The molecule has 28 heavy (non-hydrogen) atoms. The standard InChI is InChI=1S/C19H18BrN7O/c1-11-8-9-26-15(11)19(28)27(13-6-4-3-5-7-13)18(25-26)12(2)24-17-14(20)16(21)22-10-23-17/h3-10,12H,1-2H3,(H3,21,22,23,24). The van der Waals surface area contributed by atoms with Gasteiger partial charge in [0.05, 0.1) is 11.7 Å². The lowest BCUT2D eigenvalue weighted by atomic mass is 10.2. The number of rotatable bonds is 4. The summed E-state index contributed by atoms with van der Waals surface area (Å²) in [5.41, 5.74) is 7.88. The van der Waals surface area contributed by atoms with Crippen molar-refractivity contribution in [3.05, 3.63) is 75.1 Å². The minimum Gasteiger partial charge on any atom is -0.383 e. The van der Waals surface area contributed by atoms with Crippen LogP contribution in [0.15, 0.2) is 58.2 Å². The number of hydrogen-bond acceptors (Lipinski definition) is 6. The first-order chi connectivity index (χ1) is 13.5. The lowest BCUT2D eigenvalue weighted by Crippen LogP contribution is -2.29. The highest BCUT2D eigenvalue weighted by molar-refractivity contribution is 9.10. The topological polar surface area (TPSA) is 103 Å². The first kappa shape index (κ1) is 18.2. The van der Waals surface area contributed by atoms with Gasteiger partial charge in [-0.2, -0.15) is 5.10 Å². The number of hydrogen-bond donors (Lipinski definition) is 2. The van der Waals surface area contributed by atoms with Gasteiger partial charge in [0.15, 0.2) is 5.82 Å². The predicted molar refractivity (Wildman–Crippen MR) is 112 cm³/mol. The van der Waals surface area contributed by atoms with Crippen molar-refractivity contribution in [3.8, 4) is 5.69 Å². The Morgan fingerprint density at radius 2 is 1.93 bits per heavy atom. The Labute approximate surface area is 169 Å². The molecule has 3 aromatic heterocycles. The largest absolute Gasteiger partial charge is 0.383 e. The maximum atomic E-state index is 13.3. The maximum Gasteiger partial charge on any atom is 0.282 e. The molecule has 3 heterocycles. The minimum absolute atomic E-state index is 0.131. The van der Waals surface area contributed by atoms with Crippen LogP contribution in [-0.2, 0) is 0 Å². The molecule has 0 fully saturated rings. The first-order valence-electron chi connectivity index (χ1n) is 8.66. The van der Waals surface area contributed by atoms with E-state index in [9.17, 15) is 4.79 Å². The van der Waals surface area contributed by atoms with E-state index in [2.05, 4.69) is 31.2 Å². The number of aryl methyl sites for hydroxylation is 1. The lowest BCUT2D eigenvalue weighted by Gasteiger charge is -2.20. The fourth-order valence-electron chi connectivity index (χ4n) is 3.09. The number of halogens is 1. The van der Waals surface area contributed by atoms with Crippen molar-refractivity contribution < 1.29 is 0 Å². The second-order valence-corrected chi connectivity index (χ2v) is 7.21. The van der Waals surface area contributed by atoms with E-state index in [0.29, 0.717) is 27.4 Å². The Hall–Kier alpha value is -3.20. The van der Waals surface area contributed by atoms with Crippen molar-refractivity contribution >= 4 is 33.1 Å². The first-order valence-corrected chi connectivity index (χ1v) is 9.45. The number of para-hydroxylation sites is 1. The quantitative estimate of drug-likeness (QED) is 0.506. The zero-order chi connectivity index (χ0) is 19.8. The fourth-order valence-corrected chi connectivity index (χ4v) is 3.41. The number of aromatic nitrogens is 5. The molecule has 4 aromatic rings. The Morgan fingerprint density at radius 3 is 2.68 bits per heavy atom. The van der Waals surface area contributed by atoms with Crippen LogP contribution in [0.25, 0.3) is 11.2 Å². The average Bonchev–Trinajstić information content (AvgIpc) is 3.07. The third kappa shape index (κ3) is 3.03. The van der Waals surface area contributed by atoms with E-state index in [0.717, 1.165) is 11.3 Å². The van der Waals surface area contributed by atoms with Gasteiger partial charge in [0.1, 0.15) is 28.0 Å². The molecule has 142 valence electrons. The van der Waals surface area contributed by atoms with E-state index in [4.69, 9.17) is 10.8 Å². The number of anilines is 2. The van der Waals surface area contributed by atoms with Gasteiger partial charge in [-0.15, -0.1) is 0 Å².